The molecule has 0 aliphatic carbocycles. The molecule has 1 atom stereocenters. The van der Waals surface area contributed by atoms with E-state index in [0.717, 1.165) is 60.6 Å². The van der Waals surface area contributed by atoms with Gasteiger partial charge in [0.1, 0.15) is 11.6 Å². The van der Waals surface area contributed by atoms with Gasteiger partial charge in [-0.3, -0.25) is 4.79 Å². The molecule has 0 N–H and O–H groups in total. The maximum absolute atomic E-state index is 13.9. The Balaban J connectivity index is 1.37. The topological polar surface area (TPSA) is 82.6 Å². The molecule has 1 unspecified atom stereocenters. The summed E-state index contributed by atoms with van der Waals surface area (Å²) >= 11 is 0. The summed E-state index contributed by atoms with van der Waals surface area (Å²) in [5, 5.41) is 1.00. The Morgan fingerprint density at radius 3 is 2.76 bits per heavy atom. The van der Waals surface area contributed by atoms with Gasteiger partial charge in [-0.25, -0.2) is 4.98 Å². The molecule has 3 aliphatic rings. The molecule has 9 nitrogen and oxygen atoms in total. The number of ether oxygens (including phenoxy) is 5. The summed E-state index contributed by atoms with van der Waals surface area (Å²) in [5.74, 6) is 2.82. The Labute approximate surface area is 215 Å². The van der Waals surface area contributed by atoms with Crippen LogP contribution in [0.25, 0.3) is 10.9 Å². The quantitative estimate of drug-likeness (QED) is 0.482. The standard InChI is InChI=1S/C28H31N3O6/c1-33-22-6-4-19-13-21(27(29-24(19)15-22)30-8-11-34-12-9-30)16-31(17-23-3-2-10-35-23)28(32)20-5-7-25-26(14-20)37-18-36-25/h4-7,13-15,23H,2-3,8-12,16-18H2,1H3. The van der Waals surface area contributed by atoms with Crippen LogP contribution in [0.15, 0.2) is 42.5 Å². The number of rotatable bonds is 7. The Kier molecular flexibility index (Phi) is 6.72. The molecule has 2 fully saturated rings. The molecule has 0 spiro atoms. The van der Waals surface area contributed by atoms with Crippen LogP contribution >= 0.6 is 0 Å². The van der Waals surface area contributed by atoms with Crippen molar-refractivity contribution in [1.82, 2.24) is 9.88 Å². The number of nitrogens with zero attached hydrogens (tertiary/aromatic N) is 3. The zero-order valence-corrected chi connectivity index (χ0v) is 21.0. The number of fused-ring (bicyclic) bond motifs is 2. The first-order chi connectivity index (χ1) is 18.2. The van der Waals surface area contributed by atoms with Crippen molar-refractivity contribution in [3.8, 4) is 17.2 Å². The maximum Gasteiger partial charge on any atom is 0.254 e. The zero-order chi connectivity index (χ0) is 25.2. The van der Waals surface area contributed by atoms with Gasteiger partial charge in [0.15, 0.2) is 11.5 Å². The molecule has 37 heavy (non-hydrogen) atoms. The summed E-state index contributed by atoms with van der Waals surface area (Å²) in [6.07, 6.45) is 1.97. The van der Waals surface area contributed by atoms with Crippen LogP contribution in [0.2, 0.25) is 0 Å². The minimum absolute atomic E-state index is 0.0162. The predicted molar refractivity (Wildman–Crippen MR) is 138 cm³/mol. The molecule has 0 bridgehead atoms. The molecular weight excluding hydrogens is 474 g/mol. The number of carbonyl (C=O) groups is 1. The second-order valence-electron chi connectivity index (χ2n) is 9.52. The van der Waals surface area contributed by atoms with Gasteiger partial charge in [0.05, 0.1) is 31.9 Å². The molecular formula is C28H31N3O6. The highest BCUT2D eigenvalue weighted by Gasteiger charge is 2.27. The van der Waals surface area contributed by atoms with Gasteiger partial charge < -0.3 is 33.5 Å². The number of morpholine rings is 1. The van der Waals surface area contributed by atoms with Crippen molar-refractivity contribution in [3.63, 3.8) is 0 Å². The van der Waals surface area contributed by atoms with Gasteiger partial charge in [-0.2, -0.15) is 0 Å². The summed E-state index contributed by atoms with van der Waals surface area (Å²) in [5.41, 5.74) is 2.41. The van der Waals surface area contributed by atoms with E-state index in [0.29, 0.717) is 43.4 Å². The van der Waals surface area contributed by atoms with E-state index in [-0.39, 0.29) is 18.8 Å². The Morgan fingerprint density at radius 2 is 1.95 bits per heavy atom. The van der Waals surface area contributed by atoms with E-state index < -0.39 is 0 Å². The van der Waals surface area contributed by atoms with E-state index in [1.54, 1.807) is 25.3 Å². The summed E-state index contributed by atoms with van der Waals surface area (Å²) < 4.78 is 27.9. The first kappa shape index (κ1) is 23.8. The van der Waals surface area contributed by atoms with E-state index in [1.165, 1.54) is 0 Å². The van der Waals surface area contributed by atoms with Crippen LogP contribution in [0.5, 0.6) is 17.2 Å². The van der Waals surface area contributed by atoms with Gasteiger partial charge in [0.2, 0.25) is 6.79 Å². The van der Waals surface area contributed by atoms with E-state index in [4.69, 9.17) is 28.7 Å². The molecule has 0 radical (unpaired) electrons. The minimum Gasteiger partial charge on any atom is -0.497 e. The number of anilines is 1. The van der Waals surface area contributed by atoms with Crippen molar-refractivity contribution in [1.29, 1.82) is 0 Å². The molecule has 3 aromatic rings. The predicted octanol–water partition coefficient (Wildman–Crippen LogP) is 3.63. The Bertz CT molecular complexity index is 1290. The number of benzene rings is 2. The van der Waals surface area contributed by atoms with Crippen molar-refractivity contribution in [2.75, 3.05) is 58.3 Å². The molecule has 4 heterocycles. The average molecular weight is 506 g/mol. The number of methoxy groups -OCH3 is 1. The van der Waals surface area contributed by atoms with E-state index in [9.17, 15) is 4.79 Å². The van der Waals surface area contributed by atoms with E-state index >= 15 is 0 Å². The van der Waals surface area contributed by atoms with Gasteiger partial charge in [0.25, 0.3) is 5.91 Å². The van der Waals surface area contributed by atoms with Crippen LogP contribution in [-0.2, 0) is 16.0 Å². The molecule has 1 aromatic heterocycles. The minimum atomic E-state index is -0.0726. The second kappa shape index (κ2) is 10.4. The van der Waals surface area contributed by atoms with E-state index in [2.05, 4.69) is 11.0 Å². The van der Waals surface area contributed by atoms with Crippen molar-refractivity contribution in [2.45, 2.75) is 25.5 Å². The smallest absolute Gasteiger partial charge is 0.254 e. The number of pyridine rings is 1. The molecule has 3 aliphatic heterocycles. The van der Waals surface area contributed by atoms with Crippen LogP contribution in [0.3, 0.4) is 0 Å². The fraction of sp³-hybridized carbons (Fsp3) is 0.429. The molecule has 2 aromatic carbocycles. The fourth-order valence-electron chi connectivity index (χ4n) is 5.14. The van der Waals surface area contributed by atoms with Crippen molar-refractivity contribution in [2.24, 2.45) is 0 Å². The Morgan fingerprint density at radius 1 is 1.08 bits per heavy atom. The zero-order valence-electron chi connectivity index (χ0n) is 21.0. The largest absolute Gasteiger partial charge is 0.497 e. The molecule has 1 amide bonds. The van der Waals surface area contributed by atoms with Crippen molar-refractivity contribution in [3.05, 3.63) is 53.6 Å². The van der Waals surface area contributed by atoms with Crippen LogP contribution in [0.1, 0.15) is 28.8 Å². The third-order valence-electron chi connectivity index (χ3n) is 7.11. The number of aromatic nitrogens is 1. The summed E-state index contributed by atoms with van der Waals surface area (Å²) in [6.45, 7) is 4.61. The van der Waals surface area contributed by atoms with E-state index in [1.807, 2.05) is 23.1 Å². The highest BCUT2D eigenvalue weighted by molar-refractivity contribution is 5.95. The lowest BCUT2D eigenvalue weighted by atomic mass is 10.1. The van der Waals surface area contributed by atoms with Gasteiger partial charge in [-0.05, 0) is 49.2 Å². The fourth-order valence-corrected chi connectivity index (χ4v) is 5.14. The second-order valence-corrected chi connectivity index (χ2v) is 9.52. The Hall–Kier alpha value is -3.56. The van der Waals surface area contributed by atoms with Crippen LogP contribution in [0.4, 0.5) is 5.82 Å². The first-order valence-electron chi connectivity index (χ1n) is 12.8. The molecule has 9 heteroatoms. The van der Waals surface area contributed by atoms with Crippen molar-refractivity contribution >= 4 is 22.6 Å². The average Bonchev–Trinajstić information content (AvgIpc) is 3.64. The number of hydrogen-bond donors (Lipinski definition) is 0. The number of carbonyl (C=O) groups excluding carboxylic acids is 1. The van der Waals surface area contributed by atoms with Gasteiger partial charge in [-0.15, -0.1) is 0 Å². The molecule has 0 saturated carbocycles. The number of hydrogen-bond acceptors (Lipinski definition) is 8. The van der Waals surface area contributed by atoms with Crippen molar-refractivity contribution < 1.29 is 28.5 Å². The highest BCUT2D eigenvalue weighted by Crippen LogP contribution is 2.34. The van der Waals surface area contributed by atoms with Crippen LogP contribution in [0, 0.1) is 0 Å². The van der Waals surface area contributed by atoms with Gasteiger partial charge in [-0.1, -0.05) is 0 Å². The SMILES string of the molecule is COc1ccc2cc(CN(CC3CCCO3)C(=O)c3ccc4c(c3)OCO4)c(N3CCOCC3)nc2c1. The molecule has 2 saturated heterocycles. The van der Waals surface area contributed by atoms with Gasteiger partial charge in [0, 0.05) is 55.4 Å². The highest BCUT2D eigenvalue weighted by atomic mass is 16.7. The first-order valence-corrected chi connectivity index (χ1v) is 12.8. The maximum atomic E-state index is 13.9. The lowest BCUT2D eigenvalue weighted by molar-refractivity contribution is 0.0507. The summed E-state index contributed by atoms with van der Waals surface area (Å²) in [6, 6.07) is 13.4. The van der Waals surface area contributed by atoms with Crippen LogP contribution < -0.4 is 19.1 Å². The third-order valence-corrected chi connectivity index (χ3v) is 7.11. The summed E-state index contributed by atoms with van der Waals surface area (Å²) in [4.78, 5) is 23.1. The molecule has 194 valence electrons. The monoisotopic (exact) mass is 505 g/mol. The third kappa shape index (κ3) is 5.01. The summed E-state index contributed by atoms with van der Waals surface area (Å²) in [7, 11) is 1.66. The normalized spacial score (nSPS) is 18.8. The lowest BCUT2D eigenvalue weighted by Gasteiger charge is -2.32. The lowest BCUT2D eigenvalue weighted by Crippen LogP contribution is -2.40. The number of amides is 1. The molecule has 6 rings (SSSR count). The van der Waals surface area contributed by atoms with Crippen LogP contribution in [-0.4, -0.2) is 75.3 Å². The van der Waals surface area contributed by atoms with Gasteiger partial charge >= 0.3 is 0 Å².